The number of aromatic nitrogens is 3. The van der Waals surface area contributed by atoms with Crippen LogP contribution in [-0.2, 0) is 6.42 Å². The maximum absolute atomic E-state index is 11.7. The number of rotatable bonds is 4. The molecule has 1 saturated carbocycles. The van der Waals surface area contributed by atoms with Crippen LogP contribution in [0, 0.1) is 18.3 Å². The normalized spacial score (nSPS) is 14.0. The van der Waals surface area contributed by atoms with E-state index in [-0.39, 0.29) is 30.1 Å². The van der Waals surface area contributed by atoms with Crippen molar-refractivity contribution in [2.75, 3.05) is 0 Å². The van der Waals surface area contributed by atoms with E-state index in [1.807, 2.05) is 6.07 Å². The molecule has 1 fully saturated rings. The highest BCUT2D eigenvalue weighted by molar-refractivity contribution is 5.90. The Labute approximate surface area is 113 Å². The highest BCUT2D eigenvalue weighted by atomic mass is 16.5. The highest BCUT2D eigenvalue weighted by Gasteiger charge is 2.26. The smallest absolute Gasteiger partial charge is 0.292 e. The van der Waals surface area contributed by atoms with Crippen LogP contribution in [0.5, 0.6) is 0 Å². The largest absolute Gasteiger partial charge is 0.360 e. The van der Waals surface area contributed by atoms with Crippen molar-refractivity contribution in [3.8, 4) is 6.07 Å². The van der Waals surface area contributed by atoms with Gasteiger partial charge in [-0.1, -0.05) is 10.3 Å². The first-order chi connectivity index (χ1) is 9.67. The lowest BCUT2D eigenvalue weighted by Crippen LogP contribution is -2.26. The van der Waals surface area contributed by atoms with Crippen LogP contribution in [0.4, 0.5) is 0 Å². The van der Waals surface area contributed by atoms with Crippen molar-refractivity contribution in [3.05, 3.63) is 28.7 Å². The molecule has 8 heteroatoms. The highest BCUT2D eigenvalue weighted by Crippen LogP contribution is 2.19. The topological polar surface area (TPSA) is 118 Å². The molecule has 2 heterocycles. The van der Waals surface area contributed by atoms with Crippen LogP contribution in [0.3, 0.4) is 0 Å². The molecule has 2 aromatic heterocycles. The predicted molar refractivity (Wildman–Crippen MR) is 63.5 cm³/mol. The summed E-state index contributed by atoms with van der Waals surface area (Å²) < 4.78 is 9.92. The zero-order valence-corrected chi connectivity index (χ0v) is 10.7. The van der Waals surface area contributed by atoms with Crippen LogP contribution in [-0.4, -0.2) is 27.2 Å². The molecule has 3 rings (SSSR count). The van der Waals surface area contributed by atoms with Gasteiger partial charge in [-0.05, 0) is 19.8 Å². The summed E-state index contributed by atoms with van der Waals surface area (Å²) in [5, 5.41) is 19.1. The molecule has 102 valence electrons. The first-order valence-electron chi connectivity index (χ1n) is 6.16. The lowest BCUT2D eigenvalue weighted by molar-refractivity contribution is 0.0937. The lowest BCUT2D eigenvalue weighted by Gasteiger charge is -1.95. The second-order valence-corrected chi connectivity index (χ2v) is 4.61. The van der Waals surface area contributed by atoms with Gasteiger partial charge in [0, 0.05) is 6.04 Å². The number of hydrogen-bond donors (Lipinski definition) is 1. The van der Waals surface area contributed by atoms with Crippen molar-refractivity contribution in [2.24, 2.45) is 0 Å². The minimum absolute atomic E-state index is 0.00868. The van der Waals surface area contributed by atoms with Gasteiger partial charge in [0.25, 0.3) is 11.7 Å². The quantitative estimate of drug-likeness (QED) is 0.871. The van der Waals surface area contributed by atoms with E-state index in [0.29, 0.717) is 17.0 Å². The summed E-state index contributed by atoms with van der Waals surface area (Å²) in [5.74, 6) is 0.300. The zero-order valence-electron chi connectivity index (χ0n) is 10.7. The van der Waals surface area contributed by atoms with Crippen LogP contribution in [0.1, 0.15) is 46.4 Å². The molecule has 1 amide bonds. The molecule has 0 radical (unpaired) electrons. The Morgan fingerprint density at radius 3 is 2.95 bits per heavy atom. The Hall–Kier alpha value is -2.69. The molecule has 8 nitrogen and oxygen atoms in total. The van der Waals surface area contributed by atoms with Crippen LogP contribution < -0.4 is 5.32 Å². The minimum Gasteiger partial charge on any atom is -0.360 e. The fourth-order valence-electron chi connectivity index (χ4n) is 1.72. The van der Waals surface area contributed by atoms with E-state index >= 15 is 0 Å². The Kier molecular flexibility index (Phi) is 2.95. The SMILES string of the molecule is Cc1onc(Cc2nc(C(=O)NC3CC3)no2)c1C#N. The average molecular weight is 273 g/mol. The summed E-state index contributed by atoms with van der Waals surface area (Å²) in [6.07, 6.45) is 2.13. The molecule has 0 spiro atoms. The van der Waals surface area contributed by atoms with Crippen molar-refractivity contribution in [3.63, 3.8) is 0 Å². The van der Waals surface area contributed by atoms with Crippen molar-refractivity contribution in [1.82, 2.24) is 20.6 Å². The molecule has 1 aliphatic carbocycles. The summed E-state index contributed by atoms with van der Waals surface area (Å²) in [5.41, 5.74) is 0.773. The number of carbonyl (C=O) groups excluding carboxylic acids is 1. The summed E-state index contributed by atoms with van der Waals surface area (Å²) >= 11 is 0. The van der Waals surface area contributed by atoms with Crippen LogP contribution in [0.2, 0.25) is 0 Å². The second-order valence-electron chi connectivity index (χ2n) is 4.61. The summed E-state index contributed by atoms with van der Waals surface area (Å²) in [6, 6.07) is 2.23. The van der Waals surface area contributed by atoms with Gasteiger partial charge in [-0.15, -0.1) is 0 Å². The van der Waals surface area contributed by atoms with E-state index in [4.69, 9.17) is 14.3 Å². The molecule has 0 bridgehead atoms. The molecule has 0 atom stereocenters. The Bertz CT molecular complexity index is 692. The van der Waals surface area contributed by atoms with E-state index in [1.54, 1.807) is 6.92 Å². The Morgan fingerprint density at radius 1 is 1.45 bits per heavy atom. The minimum atomic E-state index is -0.348. The van der Waals surface area contributed by atoms with Gasteiger partial charge < -0.3 is 14.4 Å². The second kappa shape index (κ2) is 4.77. The third-order valence-electron chi connectivity index (χ3n) is 2.95. The van der Waals surface area contributed by atoms with Gasteiger partial charge in [-0.25, -0.2) is 0 Å². The zero-order chi connectivity index (χ0) is 14.1. The third-order valence-corrected chi connectivity index (χ3v) is 2.95. The molecule has 0 saturated heterocycles. The van der Waals surface area contributed by atoms with E-state index in [2.05, 4.69) is 20.6 Å². The maximum Gasteiger partial charge on any atom is 0.292 e. The molecule has 0 aromatic carbocycles. The van der Waals surface area contributed by atoms with E-state index in [0.717, 1.165) is 12.8 Å². The van der Waals surface area contributed by atoms with Crippen molar-refractivity contribution in [2.45, 2.75) is 32.2 Å². The summed E-state index contributed by atoms with van der Waals surface area (Å²) in [6.45, 7) is 1.65. The first kappa shape index (κ1) is 12.3. The number of nitrogens with zero attached hydrogens (tertiary/aromatic N) is 4. The van der Waals surface area contributed by atoms with Crippen molar-refractivity contribution < 1.29 is 13.8 Å². The summed E-state index contributed by atoms with van der Waals surface area (Å²) in [4.78, 5) is 15.7. The first-order valence-corrected chi connectivity index (χ1v) is 6.16. The monoisotopic (exact) mass is 273 g/mol. The summed E-state index contributed by atoms with van der Waals surface area (Å²) in [7, 11) is 0. The Balaban J connectivity index is 1.73. The molecule has 0 aliphatic heterocycles. The van der Waals surface area contributed by atoms with Crippen LogP contribution in [0.15, 0.2) is 9.05 Å². The van der Waals surface area contributed by atoms with Crippen molar-refractivity contribution in [1.29, 1.82) is 5.26 Å². The van der Waals surface area contributed by atoms with Gasteiger partial charge in [0.15, 0.2) is 5.76 Å². The number of aryl methyl sites for hydroxylation is 1. The molecule has 2 aromatic rings. The van der Waals surface area contributed by atoms with Crippen molar-refractivity contribution >= 4 is 5.91 Å². The van der Waals surface area contributed by atoms with Gasteiger partial charge >= 0.3 is 0 Å². The standard InChI is InChI=1S/C12H11N5O3/c1-6-8(5-13)9(16-19-6)4-10-15-11(17-20-10)12(18)14-7-2-3-7/h7H,2-4H2,1H3,(H,14,18). The Morgan fingerprint density at radius 2 is 2.25 bits per heavy atom. The fraction of sp³-hybridized carbons (Fsp3) is 0.417. The fourth-order valence-corrected chi connectivity index (χ4v) is 1.72. The van der Waals surface area contributed by atoms with E-state index in [1.165, 1.54) is 0 Å². The molecular formula is C12H11N5O3. The lowest BCUT2D eigenvalue weighted by atomic mass is 10.2. The van der Waals surface area contributed by atoms with Gasteiger partial charge in [-0.3, -0.25) is 4.79 Å². The maximum atomic E-state index is 11.7. The molecule has 1 N–H and O–H groups in total. The van der Waals surface area contributed by atoms with Crippen LogP contribution >= 0.6 is 0 Å². The average Bonchev–Trinajstić information content (AvgIpc) is 2.99. The molecule has 1 aliphatic rings. The number of carbonyl (C=O) groups is 1. The number of hydrogen-bond acceptors (Lipinski definition) is 7. The van der Waals surface area contributed by atoms with Gasteiger partial charge in [0.2, 0.25) is 5.89 Å². The predicted octanol–water partition coefficient (Wildman–Crippen LogP) is 0.721. The van der Waals surface area contributed by atoms with Crippen LogP contribution in [0.25, 0.3) is 0 Å². The van der Waals surface area contributed by atoms with E-state index in [9.17, 15) is 4.79 Å². The number of nitriles is 1. The van der Waals surface area contributed by atoms with Gasteiger partial charge in [-0.2, -0.15) is 10.2 Å². The molecular weight excluding hydrogens is 262 g/mol. The van der Waals surface area contributed by atoms with Gasteiger partial charge in [0.1, 0.15) is 17.3 Å². The van der Waals surface area contributed by atoms with Gasteiger partial charge in [0.05, 0.1) is 6.42 Å². The molecule has 0 unspecified atom stereocenters. The number of amides is 1. The number of nitrogens with one attached hydrogen (secondary N) is 1. The molecule has 20 heavy (non-hydrogen) atoms. The van der Waals surface area contributed by atoms with E-state index < -0.39 is 0 Å². The third kappa shape index (κ3) is 2.38.